The van der Waals surface area contributed by atoms with Crippen LogP contribution in [0.3, 0.4) is 0 Å². The minimum absolute atomic E-state index is 0.0806. The molecule has 0 aromatic carbocycles. The Labute approximate surface area is 151 Å². The number of anilines is 1. The molecule has 124 valence electrons. The normalized spacial score (nSPS) is 10.6. The highest BCUT2D eigenvalue weighted by Crippen LogP contribution is 2.30. The van der Waals surface area contributed by atoms with Crippen molar-refractivity contribution in [3.05, 3.63) is 44.3 Å². The average molecular weight is 378 g/mol. The lowest BCUT2D eigenvalue weighted by Crippen LogP contribution is -2.32. The molecule has 0 bridgehead atoms. The maximum absolute atomic E-state index is 12.0. The Morgan fingerprint density at radius 3 is 2.50 bits per heavy atom. The first kappa shape index (κ1) is 16.8. The maximum atomic E-state index is 12.0. The molecule has 0 atom stereocenters. The summed E-state index contributed by atoms with van der Waals surface area (Å²) in [5.74, 6) is -0.531. The van der Waals surface area contributed by atoms with Crippen LogP contribution in [0.4, 0.5) is 5.13 Å². The predicted molar refractivity (Wildman–Crippen MR) is 100 cm³/mol. The first-order chi connectivity index (χ1) is 11.5. The van der Waals surface area contributed by atoms with Crippen LogP contribution < -0.4 is 10.6 Å². The summed E-state index contributed by atoms with van der Waals surface area (Å²) in [5, 5.41) is 7.77. The van der Waals surface area contributed by atoms with Gasteiger partial charge in [-0.25, -0.2) is 4.98 Å². The van der Waals surface area contributed by atoms with E-state index in [0.717, 1.165) is 15.4 Å². The minimum atomic E-state index is -0.292. The van der Waals surface area contributed by atoms with E-state index in [1.54, 1.807) is 17.4 Å². The molecule has 3 rings (SSSR count). The summed E-state index contributed by atoms with van der Waals surface area (Å²) in [7, 11) is 0. The quantitative estimate of drug-likeness (QED) is 0.708. The van der Waals surface area contributed by atoms with E-state index >= 15 is 0 Å². The standard InChI is InChI=1S/C16H15N3O2S3/c1-9-3-5-12(23-9)11-8-22-16(18-11)19-14(20)7-17-15(21)13-6-4-10(2)24-13/h3-6,8H,7H2,1-2H3,(H,17,21)(H,18,19,20). The van der Waals surface area contributed by atoms with Crippen LogP contribution in [0.1, 0.15) is 19.4 Å². The van der Waals surface area contributed by atoms with Crippen molar-refractivity contribution in [2.75, 3.05) is 11.9 Å². The molecule has 0 aliphatic rings. The van der Waals surface area contributed by atoms with Gasteiger partial charge in [-0.2, -0.15) is 0 Å². The van der Waals surface area contributed by atoms with Gasteiger partial charge in [-0.05, 0) is 38.1 Å². The number of carbonyl (C=O) groups is 2. The van der Waals surface area contributed by atoms with Crippen LogP contribution in [0.25, 0.3) is 10.6 Å². The molecule has 2 N–H and O–H groups in total. The van der Waals surface area contributed by atoms with Gasteiger partial charge in [0.05, 0.1) is 22.0 Å². The van der Waals surface area contributed by atoms with Crippen molar-refractivity contribution < 1.29 is 9.59 Å². The molecular formula is C16H15N3O2S3. The maximum Gasteiger partial charge on any atom is 0.261 e. The first-order valence-electron chi connectivity index (χ1n) is 7.18. The number of nitrogens with zero attached hydrogens (tertiary/aromatic N) is 1. The van der Waals surface area contributed by atoms with Crippen LogP contribution in [0.2, 0.25) is 0 Å². The second kappa shape index (κ2) is 7.25. The zero-order chi connectivity index (χ0) is 17.1. The third kappa shape index (κ3) is 4.08. The minimum Gasteiger partial charge on any atom is -0.342 e. The van der Waals surface area contributed by atoms with E-state index in [0.29, 0.717) is 10.0 Å². The summed E-state index contributed by atoms with van der Waals surface area (Å²) in [6.45, 7) is 3.90. The zero-order valence-electron chi connectivity index (χ0n) is 13.1. The lowest BCUT2D eigenvalue weighted by molar-refractivity contribution is -0.115. The SMILES string of the molecule is Cc1ccc(C(=O)NCC(=O)Nc2nc(-c3ccc(C)s3)cs2)s1. The number of hydrogen-bond donors (Lipinski definition) is 2. The molecule has 0 unspecified atom stereocenters. The van der Waals surface area contributed by atoms with Gasteiger partial charge in [0.25, 0.3) is 5.91 Å². The average Bonchev–Trinajstić information content (AvgIpc) is 3.26. The fourth-order valence-corrected chi connectivity index (χ4v) is 4.40. The number of amides is 2. The smallest absolute Gasteiger partial charge is 0.261 e. The fourth-order valence-electron chi connectivity index (χ4n) is 1.98. The second-order valence-electron chi connectivity index (χ2n) is 5.09. The summed E-state index contributed by atoms with van der Waals surface area (Å²) < 4.78 is 0. The van der Waals surface area contributed by atoms with Gasteiger partial charge in [-0.3, -0.25) is 9.59 Å². The van der Waals surface area contributed by atoms with Gasteiger partial charge in [0.2, 0.25) is 5.91 Å². The lowest BCUT2D eigenvalue weighted by Gasteiger charge is -2.03. The van der Waals surface area contributed by atoms with E-state index in [9.17, 15) is 9.59 Å². The van der Waals surface area contributed by atoms with Crippen LogP contribution >= 0.6 is 34.0 Å². The van der Waals surface area contributed by atoms with Gasteiger partial charge in [-0.15, -0.1) is 34.0 Å². The molecule has 24 heavy (non-hydrogen) atoms. The molecule has 2 amide bonds. The van der Waals surface area contributed by atoms with E-state index in [4.69, 9.17) is 0 Å². The van der Waals surface area contributed by atoms with E-state index < -0.39 is 0 Å². The summed E-state index contributed by atoms with van der Waals surface area (Å²) in [5.41, 5.74) is 0.853. The van der Waals surface area contributed by atoms with Crippen molar-refractivity contribution in [3.8, 4) is 10.6 Å². The molecule has 8 heteroatoms. The molecular weight excluding hydrogens is 362 g/mol. The molecule has 0 saturated heterocycles. The highest BCUT2D eigenvalue weighted by atomic mass is 32.1. The third-order valence-electron chi connectivity index (χ3n) is 3.12. The third-order valence-corrected chi connectivity index (χ3v) is 5.90. The molecule has 5 nitrogen and oxygen atoms in total. The Bertz CT molecular complexity index is 879. The Morgan fingerprint density at radius 2 is 1.83 bits per heavy atom. The van der Waals surface area contributed by atoms with Crippen molar-refractivity contribution in [3.63, 3.8) is 0 Å². The molecule has 0 aliphatic carbocycles. The number of aryl methyl sites for hydroxylation is 2. The lowest BCUT2D eigenvalue weighted by atomic mass is 10.4. The molecule has 0 saturated carbocycles. The number of thiophene rings is 2. The zero-order valence-corrected chi connectivity index (χ0v) is 15.5. The molecule has 0 fully saturated rings. The van der Waals surface area contributed by atoms with Crippen LogP contribution in [0, 0.1) is 13.8 Å². The van der Waals surface area contributed by atoms with Crippen molar-refractivity contribution in [1.82, 2.24) is 10.3 Å². The largest absolute Gasteiger partial charge is 0.342 e. The van der Waals surface area contributed by atoms with Crippen LogP contribution in [0.5, 0.6) is 0 Å². The van der Waals surface area contributed by atoms with Gasteiger partial charge in [0.15, 0.2) is 5.13 Å². The summed E-state index contributed by atoms with van der Waals surface area (Å²) in [6.07, 6.45) is 0. The number of nitrogens with one attached hydrogen (secondary N) is 2. The summed E-state index contributed by atoms with van der Waals surface area (Å²) in [4.78, 5) is 32.2. The Hall–Kier alpha value is -2.03. The number of aromatic nitrogens is 1. The van der Waals surface area contributed by atoms with Crippen molar-refractivity contribution >= 4 is 51.0 Å². The van der Waals surface area contributed by atoms with E-state index in [2.05, 4.69) is 15.6 Å². The molecule has 0 aliphatic heterocycles. The van der Waals surface area contributed by atoms with Crippen LogP contribution in [-0.2, 0) is 4.79 Å². The van der Waals surface area contributed by atoms with Crippen molar-refractivity contribution in [2.45, 2.75) is 13.8 Å². The first-order valence-corrected chi connectivity index (χ1v) is 9.69. The number of rotatable bonds is 5. The topological polar surface area (TPSA) is 71.1 Å². The van der Waals surface area contributed by atoms with Crippen LogP contribution in [0.15, 0.2) is 29.6 Å². The Kier molecular flexibility index (Phi) is 5.08. The summed E-state index contributed by atoms with van der Waals surface area (Å²) >= 11 is 4.43. The molecule has 0 radical (unpaired) electrons. The fraction of sp³-hybridized carbons (Fsp3) is 0.188. The van der Waals surface area contributed by atoms with E-state index in [-0.39, 0.29) is 18.4 Å². The van der Waals surface area contributed by atoms with E-state index in [1.165, 1.54) is 27.6 Å². The Balaban J connectivity index is 1.53. The van der Waals surface area contributed by atoms with Gasteiger partial charge in [0.1, 0.15) is 0 Å². The van der Waals surface area contributed by atoms with Gasteiger partial charge < -0.3 is 10.6 Å². The van der Waals surface area contributed by atoms with Gasteiger partial charge in [-0.1, -0.05) is 0 Å². The van der Waals surface area contributed by atoms with Gasteiger partial charge in [0, 0.05) is 15.1 Å². The summed E-state index contributed by atoms with van der Waals surface area (Å²) in [6, 6.07) is 7.69. The highest BCUT2D eigenvalue weighted by Gasteiger charge is 2.12. The highest BCUT2D eigenvalue weighted by molar-refractivity contribution is 7.17. The predicted octanol–water partition coefficient (Wildman–Crippen LogP) is 3.92. The molecule has 3 aromatic rings. The second-order valence-corrected chi connectivity index (χ2v) is 8.52. The molecule has 0 spiro atoms. The monoisotopic (exact) mass is 377 g/mol. The number of hydrogen-bond acceptors (Lipinski definition) is 6. The van der Waals surface area contributed by atoms with Crippen molar-refractivity contribution in [2.24, 2.45) is 0 Å². The number of thiazole rings is 1. The Morgan fingerprint density at radius 1 is 1.08 bits per heavy atom. The van der Waals surface area contributed by atoms with Crippen LogP contribution in [-0.4, -0.2) is 23.3 Å². The van der Waals surface area contributed by atoms with Gasteiger partial charge >= 0.3 is 0 Å². The number of carbonyl (C=O) groups excluding carboxylic acids is 2. The molecule has 3 aromatic heterocycles. The van der Waals surface area contributed by atoms with E-state index in [1.807, 2.05) is 37.4 Å². The van der Waals surface area contributed by atoms with Crippen molar-refractivity contribution in [1.29, 1.82) is 0 Å². The molecule has 3 heterocycles.